The zero-order valence-corrected chi connectivity index (χ0v) is 9.02. The Morgan fingerprint density at radius 1 is 1.33 bits per heavy atom. The van der Waals surface area contributed by atoms with E-state index in [9.17, 15) is 0 Å². The highest BCUT2D eigenvalue weighted by Gasteiger charge is 2.19. The topological polar surface area (TPSA) is 18.5 Å². The monoisotopic (exact) mass is 174 g/mol. The van der Waals surface area contributed by atoms with Gasteiger partial charge in [0.25, 0.3) is 0 Å². The van der Waals surface area contributed by atoms with Crippen LogP contribution in [0.4, 0.5) is 0 Å². The van der Waals surface area contributed by atoms with Gasteiger partial charge in [0, 0.05) is 7.11 Å². The van der Waals surface area contributed by atoms with Crippen molar-refractivity contribution in [2.24, 2.45) is 0 Å². The summed E-state index contributed by atoms with van der Waals surface area (Å²) in [7, 11) is 1.67. The molecular formula is C10H22O2. The molecule has 0 amide bonds. The normalized spacial score (nSPS) is 14.8. The first-order chi connectivity index (χ1) is 5.52. The molecule has 12 heavy (non-hydrogen) atoms. The molecule has 0 N–H and O–H groups in total. The first-order valence-corrected chi connectivity index (χ1v) is 4.74. The van der Waals surface area contributed by atoms with Crippen molar-refractivity contribution in [3.05, 3.63) is 0 Å². The second-order valence-corrected chi connectivity index (χ2v) is 3.67. The van der Waals surface area contributed by atoms with Crippen LogP contribution >= 0.6 is 0 Å². The minimum Gasteiger partial charge on any atom is -0.354 e. The van der Waals surface area contributed by atoms with E-state index in [0.717, 1.165) is 6.42 Å². The van der Waals surface area contributed by atoms with Crippen molar-refractivity contribution >= 4 is 0 Å². The highest BCUT2D eigenvalue weighted by molar-refractivity contribution is 4.58. The maximum Gasteiger partial charge on any atom is 0.162 e. The zero-order chi connectivity index (χ0) is 9.61. The van der Waals surface area contributed by atoms with E-state index in [-0.39, 0.29) is 0 Å². The van der Waals surface area contributed by atoms with Gasteiger partial charge in [-0.05, 0) is 27.2 Å². The van der Waals surface area contributed by atoms with E-state index in [4.69, 9.17) is 9.47 Å². The lowest BCUT2D eigenvalue weighted by atomic mass is 10.2. The molecule has 0 aliphatic rings. The molecule has 0 saturated heterocycles. The predicted octanol–water partition coefficient (Wildman–Crippen LogP) is 2.96. The second kappa shape index (κ2) is 5.55. The molecule has 0 saturated carbocycles. The third kappa shape index (κ3) is 5.56. The average Bonchev–Trinajstić information content (AvgIpc) is 2.00. The Labute approximate surface area is 76.3 Å². The lowest BCUT2D eigenvalue weighted by Gasteiger charge is -2.27. The number of methoxy groups -OCH3 is 1. The Morgan fingerprint density at radius 2 is 1.92 bits per heavy atom. The van der Waals surface area contributed by atoms with Crippen molar-refractivity contribution in [2.75, 3.05) is 7.11 Å². The van der Waals surface area contributed by atoms with Crippen molar-refractivity contribution in [1.82, 2.24) is 0 Å². The molecule has 0 aromatic carbocycles. The fraction of sp³-hybridized carbons (Fsp3) is 1.00. The van der Waals surface area contributed by atoms with Crippen LogP contribution in [0.5, 0.6) is 0 Å². The summed E-state index contributed by atoms with van der Waals surface area (Å²) in [5, 5.41) is 0. The van der Waals surface area contributed by atoms with Crippen LogP contribution in [0, 0.1) is 0 Å². The maximum absolute atomic E-state index is 5.67. The van der Waals surface area contributed by atoms with Crippen molar-refractivity contribution in [3.63, 3.8) is 0 Å². The second-order valence-electron chi connectivity index (χ2n) is 3.67. The average molecular weight is 174 g/mol. The van der Waals surface area contributed by atoms with Crippen molar-refractivity contribution in [1.29, 1.82) is 0 Å². The SMILES string of the molecule is CCCCC(C)OC(C)(C)OC. The van der Waals surface area contributed by atoms with Crippen LogP contribution in [0.15, 0.2) is 0 Å². The van der Waals surface area contributed by atoms with E-state index in [0.29, 0.717) is 6.10 Å². The van der Waals surface area contributed by atoms with Gasteiger partial charge in [0.1, 0.15) is 0 Å². The van der Waals surface area contributed by atoms with Gasteiger partial charge in [0.15, 0.2) is 5.79 Å². The van der Waals surface area contributed by atoms with Gasteiger partial charge in [-0.15, -0.1) is 0 Å². The van der Waals surface area contributed by atoms with Crippen LogP contribution in [0.25, 0.3) is 0 Å². The first kappa shape index (κ1) is 11.9. The molecule has 0 aliphatic heterocycles. The lowest BCUT2D eigenvalue weighted by Crippen LogP contribution is -2.31. The third-order valence-electron chi connectivity index (χ3n) is 1.94. The Balaban J connectivity index is 3.60. The molecule has 0 bridgehead atoms. The van der Waals surface area contributed by atoms with Gasteiger partial charge in [-0.25, -0.2) is 0 Å². The summed E-state index contributed by atoms with van der Waals surface area (Å²) < 4.78 is 10.8. The van der Waals surface area contributed by atoms with Crippen molar-refractivity contribution in [3.8, 4) is 0 Å². The molecular weight excluding hydrogens is 152 g/mol. The number of hydrogen-bond donors (Lipinski definition) is 0. The minimum absolute atomic E-state index is 0.292. The fourth-order valence-electron chi connectivity index (χ4n) is 1.08. The Hall–Kier alpha value is -0.0800. The lowest BCUT2D eigenvalue weighted by molar-refractivity contribution is -0.220. The molecule has 0 heterocycles. The van der Waals surface area contributed by atoms with Gasteiger partial charge in [-0.3, -0.25) is 0 Å². The van der Waals surface area contributed by atoms with Gasteiger partial charge >= 0.3 is 0 Å². The molecule has 1 unspecified atom stereocenters. The standard InChI is InChI=1S/C10H22O2/c1-6-7-8-9(2)12-10(3,4)11-5/h9H,6-8H2,1-5H3. The van der Waals surface area contributed by atoms with Gasteiger partial charge in [-0.1, -0.05) is 19.8 Å². The largest absolute Gasteiger partial charge is 0.354 e. The molecule has 0 radical (unpaired) electrons. The quantitative estimate of drug-likeness (QED) is 0.576. The van der Waals surface area contributed by atoms with Gasteiger partial charge < -0.3 is 9.47 Å². The van der Waals surface area contributed by atoms with E-state index < -0.39 is 5.79 Å². The summed E-state index contributed by atoms with van der Waals surface area (Å²) in [4.78, 5) is 0. The molecule has 1 atom stereocenters. The van der Waals surface area contributed by atoms with Gasteiger partial charge in [-0.2, -0.15) is 0 Å². The van der Waals surface area contributed by atoms with E-state index in [2.05, 4.69) is 13.8 Å². The smallest absolute Gasteiger partial charge is 0.162 e. The van der Waals surface area contributed by atoms with E-state index >= 15 is 0 Å². The summed E-state index contributed by atoms with van der Waals surface area (Å²) in [5.74, 6) is -0.437. The van der Waals surface area contributed by atoms with Gasteiger partial charge in [0.2, 0.25) is 0 Å². The zero-order valence-electron chi connectivity index (χ0n) is 9.02. The van der Waals surface area contributed by atoms with Crippen LogP contribution < -0.4 is 0 Å². The van der Waals surface area contributed by atoms with Crippen molar-refractivity contribution < 1.29 is 9.47 Å². The molecule has 0 aliphatic carbocycles. The third-order valence-corrected chi connectivity index (χ3v) is 1.94. The maximum atomic E-state index is 5.67. The van der Waals surface area contributed by atoms with Crippen LogP contribution in [0.3, 0.4) is 0 Å². The van der Waals surface area contributed by atoms with E-state index in [1.54, 1.807) is 7.11 Å². The minimum atomic E-state index is -0.437. The predicted molar refractivity (Wildman–Crippen MR) is 51.2 cm³/mol. The molecule has 74 valence electrons. The Kier molecular flexibility index (Phi) is 5.51. The van der Waals surface area contributed by atoms with Crippen LogP contribution in [-0.4, -0.2) is 19.0 Å². The highest BCUT2D eigenvalue weighted by atomic mass is 16.7. The summed E-state index contributed by atoms with van der Waals surface area (Å²) in [6, 6.07) is 0. The Bertz CT molecular complexity index is 110. The molecule has 0 aromatic rings. The van der Waals surface area contributed by atoms with Crippen molar-refractivity contribution in [2.45, 2.75) is 58.8 Å². The summed E-state index contributed by atoms with van der Waals surface area (Å²) in [6.45, 7) is 8.16. The molecule has 2 nitrogen and oxygen atoms in total. The molecule has 2 heteroatoms. The molecule has 0 fully saturated rings. The fourth-order valence-corrected chi connectivity index (χ4v) is 1.08. The van der Waals surface area contributed by atoms with Crippen LogP contribution in [0.2, 0.25) is 0 Å². The van der Waals surface area contributed by atoms with Crippen LogP contribution in [0.1, 0.15) is 47.0 Å². The summed E-state index contributed by atoms with van der Waals surface area (Å²) in [6.07, 6.45) is 3.85. The number of unbranched alkanes of at least 4 members (excludes halogenated alkanes) is 1. The van der Waals surface area contributed by atoms with E-state index in [1.165, 1.54) is 12.8 Å². The molecule has 0 spiro atoms. The number of rotatable bonds is 6. The molecule has 0 aromatic heterocycles. The Morgan fingerprint density at radius 3 is 2.33 bits per heavy atom. The molecule has 0 rings (SSSR count). The van der Waals surface area contributed by atoms with E-state index in [1.807, 2.05) is 13.8 Å². The highest BCUT2D eigenvalue weighted by Crippen LogP contribution is 2.15. The summed E-state index contributed by atoms with van der Waals surface area (Å²) in [5.41, 5.74) is 0. The first-order valence-electron chi connectivity index (χ1n) is 4.74. The van der Waals surface area contributed by atoms with Crippen LogP contribution in [-0.2, 0) is 9.47 Å². The number of hydrogen-bond acceptors (Lipinski definition) is 2. The van der Waals surface area contributed by atoms with Gasteiger partial charge in [0.05, 0.1) is 6.10 Å². The summed E-state index contributed by atoms with van der Waals surface area (Å²) >= 11 is 0. The number of ether oxygens (including phenoxy) is 2.